The Balaban J connectivity index is 1.60. The Kier molecular flexibility index (Phi) is 5.69. The highest BCUT2D eigenvalue weighted by Gasteiger charge is 2.20. The van der Waals surface area contributed by atoms with Crippen molar-refractivity contribution in [2.24, 2.45) is 0 Å². The van der Waals surface area contributed by atoms with Gasteiger partial charge in [0, 0.05) is 11.3 Å². The first-order valence-electron chi connectivity index (χ1n) is 8.71. The van der Waals surface area contributed by atoms with E-state index in [1.807, 2.05) is 19.1 Å². The number of ketones is 1. The molecule has 0 aliphatic carbocycles. The third-order valence-corrected chi connectivity index (χ3v) is 4.11. The highest BCUT2D eigenvalue weighted by atomic mass is 16.5. The van der Waals surface area contributed by atoms with Gasteiger partial charge in [-0.15, -0.1) is 0 Å². The fourth-order valence-electron chi connectivity index (χ4n) is 2.52. The lowest BCUT2D eigenvalue weighted by Gasteiger charge is -2.13. The monoisotopic (exact) mass is 377 g/mol. The second-order valence-electron chi connectivity index (χ2n) is 6.29. The van der Waals surface area contributed by atoms with E-state index >= 15 is 0 Å². The van der Waals surface area contributed by atoms with Crippen LogP contribution >= 0.6 is 0 Å². The number of amides is 1. The molecule has 6 heteroatoms. The molecule has 0 saturated heterocycles. The van der Waals surface area contributed by atoms with Crippen molar-refractivity contribution in [1.82, 2.24) is 0 Å². The van der Waals surface area contributed by atoms with E-state index in [2.05, 4.69) is 5.32 Å². The molecule has 0 bridgehead atoms. The van der Waals surface area contributed by atoms with Gasteiger partial charge in [-0.25, -0.2) is 4.79 Å². The van der Waals surface area contributed by atoms with E-state index in [4.69, 9.17) is 9.15 Å². The van der Waals surface area contributed by atoms with Crippen LogP contribution in [-0.4, -0.2) is 23.8 Å². The van der Waals surface area contributed by atoms with Gasteiger partial charge in [0.05, 0.1) is 11.8 Å². The van der Waals surface area contributed by atoms with Crippen LogP contribution in [0.3, 0.4) is 0 Å². The molecule has 0 aliphatic heterocycles. The number of aryl methyl sites for hydroxylation is 1. The van der Waals surface area contributed by atoms with Gasteiger partial charge in [0.1, 0.15) is 0 Å². The van der Waals surface area contributed by atoms with Gasteiger partial charge in [0.25, 0.3) is 5.91 Å². The number of rotatable bonds is 6. The zero-order valence-electron chi connectivity index (χ0n) is 15.5. The van der Waals surface area contributed by atoms with Crippen LogP contribution in [0.4, 0.5) is 5.69 Å². The van der Waals surface area contributed by atoms with Crippen molar-refractivity contribution in [2.45, 2.75) is 20.0 Å². The van der Waals surface area contributed by atoms with Crippen molar-refractivity contribution < 1.29 is 23.5 Å². The maximum Gasteiger partial charge on any atom is 0.338 e. The third kappa shape index (κ3) is 4.54. The van der Waals surface area contributed by atoms with Crippen molar-refractivity contribution in [3.8, 4) is 0 Å². The summed E-state index contributed by atoms with van der Waals surface area (Å²) >= 11 is 0. The largest absolute Gasteiger partial charge is 0.459 e. The van der Waals surface area contributed by atoms with Crippen LogP contribution in [0.1, 0.15) is 43.8 Å². The Morgan fingerprint density at radius 3 is 2.18 bits per heavy atom. The lowest BCUT2D eigenvalue weighted by atomic mass is 10.1. The van der Waals surface area contributed by atoms with E-state index in [9.17, 15) is 14.4 Å². The number of hydrogen-bond acceptors (Lipinski definition) is 5. The molecule has 1 amide bonds. The van der Waals surface area contributed by atoms with Crippen molar-refractivity contribution in [3.63, 3.8) is 0 Å². The van der Waals surface area contributed by atoms with Crippen LogP contribution in [0.15, 0.2) is 71.3 Å². The Morgan fingerprint density at radius 2 is 1.57 bits per heavy atom. The summed E-state index contributed by atoms with van der Waals surface area (Å²) in [7, 11) is 0. The number of hydrogen-bond donors (Lipinski definition) is 1. The van der Waals surface area contributed by atoms with E-state index in [0.29, 0.717) is 11.3 Å². The summed E-state index contributed by atoms with van der Waals surface area (Å²) in [6, 6.07) is 16.4. The van der Waals surface area contributed by atoms with E-state index in [1.54, 1.807) is 36.4 Å². The molecule has 0 aliphatic rings. The van der Waals surface area contributed by atoms with Gasteiger partial charge >= 0.3 is 5.97 Å². The predicted octanol–water partition coefficient (Wildman–Crippen LogP) is 4.27. The maximum absolute atomic E-state index is 12.4. The number of carbonyl (C=O) groups is 3. The van der Waals surface area contributed by atoms with Crippen LogP contribution in [0.25, 0.3) is 0 Å². The first kappa shape index (κ1) is 19.1. The average molecular weight is 377 g/mol. The number of benzene rings is 2. The van der Waals surface area contributed by atoms with E-state index in [-0.39, 0.29) is 17.1 Å². The number of nitrogens with one attached hydrogen (secondary N) is 1. The van der Waals surface area contributed by atoms with E-state index in [0.717, 1.165) is 5.56 Å². The minimum Gasteiger partial charge on any atom is -0.459 e. The molecule has 0 fully saturated rings. The summed E-state index contributed by atoms with van der Waals surface area (Å²) in [5.41, 5.74) is 2.31. The van der Waals surface area contributed by atoms with Crippen molar-refractivity contribution >= 4 is 23.3 Å². The molecule has 1 N–H and O–H groups in total. The standard InChI is InChI=1S/C22H19NO5/c1-14-5-7-16(8-6-14)20(24)15(2)28-22(26)17-9-11-18(12-10-17)23-21(25)19-4-3-13-27-19/h3-13,15H,1-2H3,(H,23,25)/t15-/m1/s1. The van der Waals surface area contributed by atoms with Crippen molar-refractivity contribution in [1.29, 1.82) is 0 Å². The van der Waals surface area contributed by atoms with E-state index < -0.39 is 18.0 Å². The molecule has 142 valence electrons. The molecule has 6 nitrogen and oxygen atoms in total. The second-order valence-corrected chi connectivity index (χ2v) is 6.29. The molecular weight excluding hydrogens is 358 g/mol. The molecular formula is C22H19NO5. The minimum atomic E-state index is -0.909. The second kappa shape index (κ2) is 8.35. The fourth-order valence-corrected chi connectivity index (χ4v) is 2.52. The highest BCUT2D eigenvalue weighted by Crippen LogP contribution is 2.15. The fraction of sp³-hybridized carbons (Fsp3) is 0.136. The zero-order chi connectivity index (χ0) is 20.1. The first-order valence-corrected chi connectivity index (χ1v) is 8.71. The number of esters is 1. The molecule has 1 atom stereocenters. The lowest BCUT2D eigenvalue weighted by molar-refractivity contribution is 0.0319. The molecule has 0 unspecified atom stereocenters. The van der Waals surface area contributed by atoms with Gasteiger partial charge < -0.3 is 14.5 Å². The summed E-state index contributed by atoms with van der Waals surface area (Å²) in [5.74, 6) is -1.09. The van der Waals surface area contributed by atoms with Crippen LogP contribution in [-0.2, 0) is 4.74 Å². The first-order chi connectivity index (χ1) is 13.4. The summed E-state index contributed by atoms with van der Waals surface area (Å²) in [6.45, 7) is 3.47. The summed E-state index contributed by atoms with van der Waals surface area (Å²) in [6.07, 6.45) is 0.501. The Labute approximate surface area is 162 Å². The van der Waals surface area contributed by atoms with Crippen molar-refractivity contribution in [2.75, 3.05) is 5.32 Å². The van der Waals surface area contributed by atoms with Gasteiger partial charge in [0.2, 0.25) is 5.78 Å². The molecule has 2 aromatic carbocycles. The van der Waals surface area contributed by atoms with Crippen LogP contribution < -0.4 is 5.32 Å². The molecule has 0 spiro atoms. The minimum absolute atomic E-state index is 0.187. The zero-order valence-corrected chi connectivity index (χ0v) is 15.5. The maximum atomic E-state index is 12.4. The number of Topliss-reactive ketones (excluding diaryl/α,β-unsaturated/α-hetero) is 1. The summed E-state index contributed by atoms with van der Waals surface area (Å²) in [4.78, 5) is 36.6. The molecule has 1 aromatic heterocycles. The predicted molar refractivity (Wildman–Crippen MR) is 103 cm³/mol. The Hall–Kier alpha value is -3.67. The average Bonchev–Trinajstić information content (AvgIpc) is 3.23. The van der Waals surface area contributed by atoms with Gasteiger partial charge in [-0.3, -0.25) is 9.59 Å². The van der Waals surface area contributed by atoms with Gasteiger partial charge in [-0.1, -0.05) is 29.8 Å². The summed E-state index contributed by atoms with van der Waals surface area (Å²) in [5, 5.41) is 2.66. The number of anilines is 1. The molecule has 0 saturated carbocycles. The van der Waals surface area contributed by atoms with E-state index in [1.165, 1.54) is 25.3 Å². The lowest BCUT2D eigenvalue weighted by Crippen LogP contribution is -2.24. The summed E-state index contributed by atoms with van der Waals surface area (Å²) < 4.78 is 10.3. The molecule has 28 heavy (non-hydrogen) atoms. The van der Waals surface area contributed by atoms with Crippen LogP contribution in [0.2, 0.25) is 0 Å². The smallest absolute Gasteiger partial charge is 0.338 e. The molecule has 0 radical (unpaired) electrons. The molecule has 3 rings (SSSR count). The third-order valence-electron chi connectivity index (χ3n) is 4.11. The normalized spacial score (nSPS) is 11.5. The number of furan rings is 1. The molecule has 1 heterocycles. The SMILES string of the molecule is Cc1ccc(C(=O)[C@@H](C)OC(=O)c2ccc(NC(=O)c3ccco3)cc2)cc1. The van der Waals surface area contributed by atoms with Crippen molar-refractivity contribution in [3.05, 3.63) is 89.4 Å². The van der Waals surface area contributed by atoms with Crippen LogP contribution in [0, 0.1) is 6.92 Å². The van der Waals surface area contributed by atoms with Gasteiger partial charge in [-0.05, 0) is 50.2 Å². The number of carbonyl (C=O) groups excluding carboxylic acids is 3. The van der Waals surface area contributed by atoms with Crippen LogP contribution in [0.5, 0.6) is 0 Å². The highest BCUT2D eigenvalue weighted by molar-refractivity contribution is 6.03. The Bertz CT molecular complexity index is 973. The topological polar surface area (TPSA) is 85.6 Å². The van der Waals surface area contributed by atoms with Gasteiger partial charge in [-0.2, -0.15) is 0 Å². The molecule has 3 aromatic rings. The quantitative estimate of drug-likeness (QED) is 0.512. The number of ether oxygens (including phenoxy) is 1. The Morgan fingerprint density at radius 1 is 0.929 bits per heavy atom. The van der Waals surface area contributed by atoms with Gasteiger partial charge in [0.15, 0.2) is 11.9 Å².